The number of aromatic nitrogens is 2. The molecule has 0 bridgehead atoms. The topological polar surface area (TPSA) is 61.4 Å². The predicted molar refractivity (Wildman–Crippen MR) is 111 cm³/mol. The van der Waals surface area contributed by atoms with Crippen LogP contribution in [0.15, 0.2) is 30.5 Å². The molecule has 29 heavy (non-hydrogen) atoms. The SMILES string of the molecule is CN1Cc2ccccc2C[C@@H]1C(=O)N1CCc2nc(C3CCNCC3)ncc2C1. The van der Waals surface area contributed by atoms with E-state index in [9.17, 15) is 4.79 Å². The maximum atomic E-state index is 13.3. The number of carbonyl (C=O) groups is 1. The molecule has 3 aliphatic rings. The average Bonchev–Trinajstić information content (AvgIpc) is 2.78. The Bertz CT molecular complexity index is 908. The highest BCUT2D eigenvalue weighted by Gasteiger charge is 2.34. The molecular formula is C23H29N5O. The van der Waals surface area contributed by atoms with Crippen LogP contribution >= 0.6 is 0 Å². The maximum Gasteiger partial charge on any atom is 0.240 e. The molecule has 1 atom stereocenters. The second-order valence-electron chi connectivity index (χ2n) is 8.64. The normalized spacial score (nSPS) is 22.8. The molecule has 1 N–H and O–H groups in total. The maximum absolute atomic E-state index is 13.3. The van der Waals surface area contributed by atoms with Crippen LogP contribution in [0.4, 0.5) is 0 Å². The molecule has 1 aromatic carbocycles. The summed E-state index contributed by atoms with van der Waals surface area (Å²) in [5.41, 5.74) is 4.89. The zero-order valence-electron chi connectivity index (χ0n) is 17.1. The summed E-state index contributed by atoms with van der Waals surface area (Å²) in [4.78, 5) is 27.1. The number of piperidine rings is 1. The van der Waals surface area contributed by atoms with E-state index in [1.165, 1.54) is 11.1 Å². The number of nitrogens with zero attached hydrogens (tertiary/aromatic N) is 4. The van der Waals surface area contributed by atoms with Crippen molar-refractivity contribution in [1.82, 2.24) is 25.1 Å². The van der Waals surface area contributed by atoms with Crippen LogP contribution in [0.3, 0.4) is 0 Å². The van der Waals surface area contributed by atoms with Gasteiger partial charge in [-0.05, 0) is 50.5 Å². The molecule has 0 unspecified atom stereocenters. The first-order chi connectivity index (χ1) is 14.2. The van der Waals surface area contributed by atoms with Crippen molar-refractivity contribution in [2.45, 2.75) is 50.7 Å². The van der Waals surface area contributed by atoms with Crippen LogP contribution in [0.5, 0.6) is 0 Å². The first-order valence-electron chi connectivity index (χ1n) is 10.8. The Morgan fingerprint density at radius 1 is 1.10 bits per heavy atom. The van der Waals surface area contributed by atoms with Crippen molar-refractivity contribution < 1.29 is 4.79 Å². The molecule has 5 rings (SSSR count). The van der Waals surface area contributed by atoms with Crippen molar-refractivity contribution in [3.05, 3.63) is 58.7 Å². The summed E-state index contributed by atoms with van der Waals surface area (Å²) in [6, 6.07) is 8.39. The summed E-state index contributed by atoms with van der Waals surface area (Å²) in [6.07, 6.45) is 5.81. The Morgan fingerprint density at radius 2 is 1.90 bits per heavy atom. The highest BCUT2D eigenvalue weighted by molar-refractivity contribution is 5.82. The lowest BCUT2D eigenvalue weighted by molar-refractivity contribution is -0.138. The third kappa shape index (κ3) is 3.67. The van der Waals surface area contributed by atoms with E-state index in [2.05, 4.69) is 46.5 Å². The van der Waals surface area contributed by atoms with Crippen molar-refractivity contribution in [3.8, 4) is 0 Å². The van der Waals surface area contributed by atoms with Crippen molar-refractivity contribution in [1.29, 1.82) is 0 Å². The molecular weight excluding hydrogens is 362 g/mol. The van der Waals surface area contributed by atoms with E-state index >= 15 is 0 Å². The lowest BCUT2D eigenvalue weighted by Gasteiger charge is -2.38. The summed E-state index contributed by atoms with van der Waals surface area (Å²) in [7, 11) is 2.06. The van der Waals surface area contributed by atoms with Crippen LogP contribution < -0.4 is 5.32 Å². The number of fused-ring (bicyclic) bond motifs is 2. The van der Waals surface area contributed by atoms with Gasteiger partial charge in [0.15, 0.2) is 0 Å². The van der Waals surface area contributed by atoms with Gasteiger partial charge < -0.3 is 10.2 Å². The van der Waals surface area contributed by atoms with Gasteiger partial charge in [0.25, 0.3) is 0 Å². The Balaban J connectivity index is 1.30. The van der Waals surface area contributed by atoms with Gasteiger partial charge in [0.05, 0.1) is 11.7 Å². The summed E-state index contributed by atoms with van der Waals surface area (Å²) in [6.45, 7) is 4.31. The monoisotopic (exact) mass is 391 g/mol. The van der Waals surface area contributed by atoms with E-state index < -0.39 is 0 Å². The van der Waals surface area contributed by atoms with E-state index in [-0.39, 0.29) is 11.9 Å². The molecule has 1 amide bonds. The van der Waals surface area contributed by atoms with Gasteiger partial charge in [-0.3, -0.25) is 9.69 Å². The fourth-order valence-electron chi connectivity index (χ4n) is 4.94. The lowest BCUT2D eigenvalue weighted by atomic mass is 9.93. The van der Waals surface area contributed by atoms with Crippen LogP contribution in [-0.2, 0) is 30.7 Å². The third-order valence-electron chi connectivity index (χ3n) is 6.74. The van der Waals surface area contributed by atoms with E-state index in [0.29, 0.717) is 12.5 Å². The lowest BCUT2D eigenvalue weighted by Crippen LogP contribution is -2.51. The molecule has 0 saturated carbocycles. The first kappa shape index (κ1) is 18.7. The van der Waals surface area contributed by atoms with E-state index in [1.54, 1.807) is 0 Å². The Kier molecular flexibility index (Phi) is 5.06. The molecule has 3 aliphatic heterocycles. The number of carbonyl (C=O) groups excluding carboxylic acids is 1. The van der Waals surface area contributed by atoms with Crippen LogP contribution in [0, 0.1) is 0 Å². The van der Waals surface area contributed by atoms with Crippen molar-refractivity contribution in [3.63, 3.8) is 0 Å². The number of amides is 1. The number of nitrogens with one attached hydrogen (secondary N) is 1. The fourth-order valence-corrected chi connectivity index (χ4v) is 4.94. The number of rotatable bonds is 2. The van der Waals surface area contributed by atoms with E-state index in [1.807, 2.05) is 11.1 Å². The van der Waals surface area contributed by atoms with Gasteiger partial charge in [-0.25, -0.2) is 9.97 Å². The Morgan fingerprint density at radius 3 is 2.72 bits per heavy atom. The molecule has 1 fully saturated rings. The van der Waals surface area contributed by atoms with E-state index in [4.69, 9.17) is 4.98 Å². The van der Waals surface area contributed by atoms with Gasteiger partial charge in [-0.1, -0.05) is 24.3 Å². The van der Waals surface area contributed by atoms with Gasteiger partial charge in [0.1, 0.15) is 5.82 Å². The summed E-state index contributed by atoms with van der Waals surface area (Å²) in [5, 5.41) is 3.40. The van der Waals surface area contributed by atoms with Gasteiger partial charge in [-0.15, -0.1) is 0 Å². The zero-order chi connectivity index (χ0) is 19.8. The molecule has 6 heteroatoms. The minimum absolute atomic E-state index is 0.0821. The van der Waals surface area contributed by atoms with Gasteiger partial charge in [0.2, 0.25) is 5.91 Å². The Labute approximate surface area is 172 Å². The number of hydrogen-bond acceptors (Lipinski definition) is 5. The molecule has 152 valence electrons. The van der Waals surface area contributed by atoms with Crippen LogP contribution in [0.25, 0.3) is 0 Å². The fraction of sp³-hybridized carbons (Fsp3) is 0.522. The standard InChI is InChI=1S/C23H29N5O/c1-27-14-18-5-3-2-4-17(18)12-21(27)23(29)28-11-8-20-19(15-28)13-25-22(26-20)16-6-9-24-10-7-16/h2-5,13,16,21,24H,6-12,14-15H2,1H3/t21-/m1/s1. The summed E-state index contributed by atoms with van der Waals surface area (Å²) < 4.78 is 0. The summed E-state index contributed by atoms with van der Waals surface area (Å²) >= 11 is 0. The molecule has 0 radical (unpaired) electrons. The number of hydrogen-bond donors (Lipinski definition) is 1. The first-order valence-corrected chi connectivity index (χ1v) is 10.8. The third-order valence-corrected chi connectivity index (χ3v) is 6.74. The van der Waals surface area contributed by atoms with Crippen LogP contribution in [-0.4, -0.2) is 58.4 Å². The van der Waals surface area contributed by atoms with E-state index in [0.717, 1.165) is 68.9 Å². The molecule has 1 saturated heterocycles. The molecule has 0 aliphatic carbocycles. The van der Waals surface area contributed by atoms with Crippen LogP contribution in [0.1, 0.15) is 47.0 Å². The number of benzene rings is 1. The highest BCUT2D eigenvalue weighted by Crippen LogP contribution is 2.27. The van der Waals surface area contributed by atoms with Crippen molar-refractivity contribution in [2.24, 2.45) is 0 Å². The van der Waals surface area contributed by atoms with Gasteiger partial charge in [0, 0.05) is 43.7 Å². The molecule has 1 aromatic heterocycles. The average molecular weight is 392 g/mol. The minimum Gasteiger partial charge on any atom is -0.336 e. The Hall–Kier alpha value is -2.31. The second kappa shape index (κ2) is 7.84. The molecule has 0 spiro atoms. The summed E-state index contributed by atoms with van der Waals surface area (Å²) in [5.74, 6) is 1.70. The van der Waals surface area contributed by atoms with Gasteiger partial charge in [-0.2, -0.15) is 0 Å². The molecule has 2 aromatic rings. The van der Waals surface area contributed by atoms with Gasteiger partial charge >= 0.3 is 0 Å². The second-order valence-corrected chi connectivity index (χ2v) is 8.64. The van der Waals surface area contributed by atoms with Crippen molar-refractivity contribution >= 4 is 5.91 Å². The van der Waals surface area contributed by atoms with Crippen LogP contribution in [0.2, 0.25) is 0 Å². The number of likely N-dealkylation sites (N-methyl/N-ethyl adjacent to an activating group) is 1. The molecule has 4 heterocycles. The highest BCUT2D eigenvalue weighted by atomic mass is 16.2. The molecule has 6 nitrogen and oxygen atoms in total. The smallest absolute Gasteiger partial charge is 0.240 e. The zero-order valence-corrected chi connectivity index (χ0v) is 17.1. The minimum atomic E-state index is -0.0821. The predicted octanol–water partition coefficient (Wildman–Crippen LogP) is 1.88. The quantitative estimate of drug-likeness (QED) is 0.847. The largest absolute Gasteiger partial charge is 0.336 e. The van der Waals surface area contributed by atoms with Crippen molar-refractivity contribution in [2.75, 3.05) is 26.7 Å².